The first kappa shape index (κ1) is 23.4. The van der Waals surface area contributed by atoms with Gasteiger partial charge in [0.25, 0.3) is 5.91 Å². The molecular formula is C25H25N3O5S. The lowest BCUT2D eigenvalue weighted by Crippen LogP contribution is -2.35. The van der Waals surface area contributed by atoms with E-state index in [2.05, 4.69) is 11.9 Å². The summed E-state index contributed by atoms with van der Waals surface area (Å²) in [7, 11) is 3.06. The smallest absolute Gasteiger partial charge is 0.283 e. The van der Waals surface area contributed by atoms with Crippen LogP contribution < -0.4 is 18.9 Å². The molecule has 0 saturated carbocycles. The van der Waals surface area contributed by atoms with Crippen molar-refractivity contribution in [2.75, 3.05) is 27.4 Å². The summed E-state index contributed by atoms with van der Waals surface area (Å²) >= 11 is 1.31. The lowest BCUT2D eigenvalue weighted by molar-refractivity contribution is -0.114. The summed E-state index contributed by atoms with van der Waals surface area (Å²) in [5.74, 6) is 1.69. The minimum Gasteiger partial charge on any atom is -0.493 e. The third-order valence-electron chi connectivity index (χ3n) is 5.38. The molecule has 2 aliphatic heterocycles. The van der Waals surface area contributed by atoms with Crippen molar-refractivity contribution in [3.05, 3.63) is 64.2 Å². The fourth-order valence-electron chi connectivity index (χ4n) is 3.43. The molecule has 2 heterocycles. The van der Waals surface area contributed by atoms with Crippen LogP contribution in [-0.2, 0) is 4.79 Å². The first-order valence-corrected chi connectivity index (χ1v) is 11.4. The van der Waals surface area contributed by atoms with Gasteiger partial charge in [-0.05, 0) is 66.3 Å². The minimum atomic E-state index is -0.464. The van der Waals surface area contributed by atoms with Gasteiger partial charge < -0.3 is 18.9 Å². The van der Waals surface area contributed by atoms with Crippen molar-refractivity contribution in [1.82, 2.24) is 4.90 Å². The predicted molar refractivity (Wildman–Crippen MR) is 133 cm³/mol. The number of thioether (sulfide) groups is 1. The highest BCUT2D eigenvalue weighted by Crippen LogP contribution is 2.39. The Morgan fingerprint density at radius 1 is 1.03 bits per heavy atom. The van der Waals surface area contributed by atoms with Gasteiger partial charge >= 0.3 is 0 Å². The van der Waals surface area contributed by atoms with Crippen LogP contribution in [0.5, 0.6) is 23.0 Å². The van der Waals surface area contributed by atoms with E-state index >= 15 is 0 Å². The number of carbonyl (C=O) groups is 1. The molecule has 0 saturated heterocycles. The Hall–Kier alpha value is -3.72. The summed E-state index contributed by atoms with van der Waals surface area (Å²) < 4.78 is 22.8. The topological polar surface area (TPSA) is 93.4 Å². The molecule has 0 aliphatic carbocycles. The van der Waals surface area contributed by atoms with Gasteiger partial charge in [0.05, 0.1) is 19.8 Å². The SMILES string of the molecule is COc1cc(C=C2C(=N)N3C=CSC3=NC2=O)cc(OC)c1OCCOc1ccc(C)c(C)c1. The molecule has 0 bridgehead atoms. The van der Waals surface area contributed by atoms with Crippen molar-refractivity contribution in [1.29, 1.82) is 5.41 Å². The fraction of sp³-hybridized carbons (Fsp3) is 0.240. The monoisotopic (exact) mass is 479 g/mol. The van der Waals surface area contributed by atoms with Crippen molar-refractivity contribution in [3.63, 3.8) is 0 Å². The first-order chi connectivity index (χ1) is 16.4. The van der Waals surface area contributed by atoms with Crippen LogP contribution in [0, 0.1) is 19.3 Å². The van der Waals surface area contributed by atoms with Crippen molar-refractivity contribution >= 4 is 34.7 Å². The van der Waals surface area contributed by atoms with E-state index in [-0.39, 0.29) is 18.0 Å². The zero-order valence-electron chi connectivity index (χ0n) is 19.4. The molecule has 2 aliphatic rings. The highest BCUT2D eigenvalue weighted by atomic mass is 32.2. The van der Waals surface area contributed by atoms with E-state index in [1.165, 1.54) is 31.5 Å². The van der Waals surface area contributed by atoms with E-state index < -0.39 is 5.91 Å². The molecule has 0 unspecified atom stereocenters. The highest BCUT2D eigenvalue weighted by molar-refractivity contribution is 8.16. The van der Waals surface area contributed by atoms with E-state index in [9.17, 15) is 4.79 Å². The Bertz CT molecular complexity index is 1210. The zero-order chi connectivity index (χ0) is 24.2. The van der Waals surface area contributed by atoms with E-state index in [1.54, 1.807) is 34.7 Å². The van der Waals surface area contributed by atoms with Crippen LogP contribution in [0.4, 0.5) is 0 Å². The minimum absolute atomic E-state index is 0.0676. The lowest BCUT2D eigenvalue weighted by atomic mass is 10.1. The van der Waals surface area contributed by atoms with Gasteiger partial charge in [0.2, 0.25) is 5.75 Å². The number of ether oxygens (including phenoxy) is 4. The lowest BCUT2D eigenvalue weighted by Gasteiger charge is -2.22. The molecule has 1 amide bonds. The molecule has 0 aromatic heterocycles. The van der Waals surface area contributed by atoms with Crippen LogP contribution in [0.3, 0.4) is 0 Å². The molecule has 8 nitrogen and oxygen atoms in total. The average molecular weight is 480 g/mol. The van der Waals surface area contributed by atoms with Gasteiger partial charge in [-0.15, -0.1) is 0 Å². The second-order valence-electron chi connectivity index (χ2n) is 7.58. The summed E-state index contributed by atoms with van der Waals surface area (Å²) in [5, 5.41) is 10.7. The standard InChI is InChI=1S/C25H25N3O5S/c1-15-5-6-18(11-16(15)2)32-8-9-33-22-20(30-3)13-17(14-21(22)31-4)12-19-23(26)28-7-10-34-25(28)27-24(19)29/h5-7,10-14,26H,8-9H2,1-4H3. The highest BCUT2D eigenvalue weighted by Gasteiger charge is 2.31. The summed E-state index contributed by atoms with van der Waals surface area (Å²) in [4.78, 5) is 18.1. The molecule has 0 atom stereocenters. The fourth-order valence-corrected chi connectivity index (χ4v) is 4.14. The van der Waals surface area contributed by atoms with Crippen molar-refractivity contribution in [2.24, 2.45) is 4.99 Å². The number of amidine groups is 2. The molecule has 2 aromatic carbocycles. The number of aliphatic imine (C=N–C) groups is 1. The maximum Gasteiger partial charge on any atom is 0.283 e. The average Bonchev–Trinajstić information content (AvgIpc) is 3.30. The molecule has 0 spiro atoms. The number of rotatable bonds is 8. The Balaban J connectivity index is 1.51. The van der Waals surface area contributed by atoms with Crippen LogP contribution in [0.2, 0.25) is 0 Å². The summed E-state index contributed by atoms with van der Waals surface area (Å²) in [5.41, 5.74) is 3.17. The summed E-state index contributed by atoms with van der Waals surface area (Å²) in [6.45, 7) is 4.72. The van der Waals surface area contributed by atoms with Crippen molar-refractivity contribution in [2.45, 2.75) is 13.8 Å². The molecule has 176 valence electrons. The Kier molecular flexibility index (Phi) is 6.93. The van der Waals surface area contributed by atoms with Crippen LogP contribution in [0.15, 0.2) is 52.5 Å². The van der Waals surface area contributed by atoms with Crippen molar-refractivity contribution in [3.8, 4) is 23.0 Å². The third-order valence-corrected chi connectivity index (χ3v) is 6.14. The number of hydrogen-bond donors (Lipinski definition) is 1. The number of amides is 1. The Morgan fingerprint density at radius 2 is 1.74 bits per heavy atom. The van der Waals surface area contributed by atoms with Gasteiger partial charge in [0, 0.05) is 6.20 Å². The van der Waals surface area contributed by atoms with E-state index in [0.29, 0.717) is 34.6 Å². The number of methoxy groups -OCH3 is 2. The van der Waals surface area contributed by atoms with Crippen LogP contribution >= 0.6 is 11.8 Å². The largest absolute Gasteiger partial charge is 0.493 e. The quantitative estimate of drug-likeness (QED) is 0.438. The molecule has 1 N–H and O–H groups in total. The first-order valence-electron chi connectivity index (χ1n) is 10.6. The van der Waals surface area contributed by atoms with Gasteiger partial charge in [-0.1, -0.05) is 17.8 Å². The number of carbonyl (C=O) groups excluding carboxylic acids is 1. The molecule has 0 radical (unpaired) electrons. The summed E-state index contributed by atoms with van der Waals surface area (Å²) in [6.07, 6.45) is 3.31. The maximum absolute atomic E-state index is 12.5. The van der Waals surface area contributed by atoms with Gasteiger partial charge in [-0.2, -0.15) is 4.99 Å². The molecule has 0 fully saturated rings. The number of aryl methyl sites for hydroxylation is 2. The van der Waals surface area contributed by atoms with E-state index in [4.69, 9.17) is 24.4 Å². The van der Waals surface area contributed by atoms with Crippen LogP contribution in [0.25, 0.3) is 6.08 Å². The number of nitrogens with one attached hydrogen (secondary N) is 1. The van der Waals surface area contributed by atoms with E-state index in [1.807, 2.05) is 25.1 Å². The van der Waals surface area contributed by atoms with Gasteiger partial charge in [0.15, 0.2) is 16.7 Å². The molecule has 2 aromatic rings. The van der Waals surface area contributed by atoms with Gasteiger partial charge in [-0.3, -0.25) is 15.1 Å². The molecular weight excluding hydrogens is 454 g/mol. The third kappa shape index (κ3) is 4.79. The predicted octanol–water partition coefficient (Wildman–Crippen LogP) is 4.56. The normalized spacial score (nSPS) is 15.9. The number of nitrogens with zero attached hydrogens (tertiary/aromatic N) is 2. The van der Waals surface area contributed by atoms with Crippen LogP contribution in [-0.4, -0.2) is 49.2 Å². The van der Waals surface area contributed by atoms with Crippen molar-refractivity contribution < 1.29 is 23.7 Å². The molecule has 34 heavy (non-hydrogen) atoms. The Labute approximate surface area is 202 Å². The van der Waals surface area contributed by atoms with Crippen LogP contribution in [0.1, 0.15) is 16.7 Å². The van der Waals surface area contributed by atoms with Gasteiger partial charge in [0.1, 0.15) is 24.8 Å². The van der Waals surface area contributed by atoms with E-state index in [0.717, 1.165) is 11.3 Å². The molecule has 4 rings (SSSR count). The second-order valence-corrected chi connectivity index (χ2v) is 8.45. The summed E-state index contributed by atoms with van der Waals surface area (Å²) in [6, 6.07) is 9.39. The second kappa shape index (κ2) is 10.0. The van der Waals surface area contributed by atoms with Gasteiger partial charge in [-0.25, -0.2) is 0 Å². The molecule has 9 heteroatoms. The number of fused-ring (bicyclic) bond motifs is 1. The number of benzene rings is 2. The zero-order valence-corrected chi connectivity index (χ0v) is 20.2. The maximum atomic E-state index is 12.5. The Morgan fingerprint density at radius 3 is 2.41 bits per heavy atom. The number of hydrogen-bond acceptors (Lipinski definition) is 7.